The molecule has 26 heavy (non-hydrogen) atoms. The lowest BCUT2D eigenvalue weighted by Gasteiger charge is -2.08. The van der Waals surface area contributed by atoms with Crippen molar-refractivity contribution in [2.45, 2.75) is 32.4 Å². The van der Waals surface area contributed by atoms with E-state index in [1.807, 2.05) is 42.5 Å². The fourth-order valence-electron chi connectivity index (χ4n) is 3.03. The zero-order valence-electron chi connectivity index (χ0n) is 15.2. The molecule has 0 amide bonds. The Morgan fingerprint density at radius 2 is 1.27 bits per heavy atom. The lowest BCUT2D eigenvalue weighted by molar-refractivity contribution is 0.342. The highest BCUT2D eigenvalue weighted by atomic mass is 19.1. The molecule has 0 aliphatic rings. The number of hydrogen-bond donors (Lipinski definition) is 0. The van der Waals surface area contributed by atoms with Crippen molar-refractivity contribution in [1.82, 2.24) is 0 Å². The van der Waals surface area contributed by atoms with Crippen LogP contribution in [0.1, 0.15) is 47.3 Å². The van der Waals surface area contributed by atoms with Gasteiger partial charge in [-0.2, -0.15) is 0 Å². The predicted octanol–water partition coefficient (Wildman–Crippen LogP) is 7.06. The van der Waals surface area contributed by atoms with E-state index in [4.69, 9.17) is 0 Å². The maximum absolute atomic E-state index is 14.4. The third kappa shape index (κ3) is 5.16. The van der Waals surface area contributed by atoms with Crippen molar-refractivity contribution in [3.8, 4) is 0 Å². The maximum atomic E-state index is 14.4. The van der Waals surface area contributed by atoms with Gasteiger partial charge in [-0.25, -0.2) is 4.39 Å². The molecule has 3 aromatic rings. The first-order valence-corrected chi connectivity index (χ1v) is 9.29. The van der Waals surface area contributed by atoms with Crippen LogP contribution in [-0.2, 0) is 12.8 Å². The first-order chi connectivity index (χ1) is 12.7. The molecule has 0 aromatic heterocycles. The van der Waals surface area contributed by atoms with Crippen molar-refractivity contribution in [2.24, 2.45) is 0 Å². The van der Waals surface area contributed by atoms with E-state index in [-0.39, 0.29) is 0 Å². The largest absolute Gasteiger partial charge is 0.242 e. The topological polar surface area (TPSA) is 0 Å². The van der Waals surface area contributed by atoms with Crippen LogP contribution in [0.5, 0.6) is 0 Å². The minimum Gasteiger partial charge on any atom is -0.242 e. The molecule has 0 fully saturated rings. The summed E-state index contributed by atoms with van der Waals surface area (Å²) in [5.74, 6) is 0. The minimum atomic E-state index is -0.959. The summed E-state index contributed by atoms with van der Waals surface area (Å²) in [7, 11) is 0. The average molecular weight is 344 g/mol. The quantitative estimate of drug-likeness (QED) is 0.402. The summed E-state index contributed by atoms with van der Waals surface area (Å²) < 4.78 is 14.4. The highest BCUT2D eigenvalue weighted by Crippen LogP contribution is 2.22. The van der Waals surface area contributed by atoms with E-state index in [1.54, 1.807) is 0 Å². The van der Waals surface area contributed by atoms with Crippen molar-refractivity contribution in [1.29, 1.82) is 0 Å². The van der Waals surface area contributed by atoms with Gasteiger partial charge in [0.15, 0.2) is 0 Å². The van der Waals surface area contributed by atoms with E-state index in [2.05, 4.69) is 55.5 Å². The first-order valence-electron chi connectivity index (χ1n) is 9.29. The highest BCUT2D eigenvalue weighted by Gasteiger charge is 2.09. The molecule has 0 aliphatic heterocycles. The van der Waals surface area contributed by atoms with Crippen molar-refractivity contribution < 1.29 is 4.39 Å². The molecule has 0 spiro atoms. The highest BCUT2D eigenvalue weighted by molar-refractivity contribution is 5.69. The predicted molar refractivity (Wildman–Crippen MR) is 110 cm³/mol. The average Bonchev–Trinajstić information content (AvgIpc) is 2.69. The Bertz CT molecular complexity index is 814. The molecule has 0 bridgehead atoms. The van der Waals surface area contributed by atoms with Gasteiger partial charge in [0.25, 0.3) is 0 Å². The van der Waals surface area contributed by atoms with Crippen LogP contribution in [-0.4, -0.2) is 0 Å². The fraction of sp³-hybridized carbons (Fsp3) is 0.200. The van der Waals surface area contributed by atoms with Gasteiger partial charge >= 0.3 is 0 Å². The minimum absolute atomic E-state index is 0.410. The zero-order valence-corrected chi connectivity index (χ0v) is 15.2. The fourth-order valence-corrected chi connectivity index (χ4v) is 3.03. The Balaban J connectivity index is 1.60. The van der Waals surface area contributed by atoms with Crippen LogP contribution in [0.15, 0.2) is 78.9 Å². The monoisotopic (exact) mass is 344 g/mol. The second kappa shape index (κ2) is 9.15. The van der Waals surface area contributed by atoms with E-state index < -0.39 is 6.17 Å². The summed E-state index contributed by atoms with van der Waals surface area (Å²) in [6.07, 6.45) is 5.97. The molecule has 0 saturated carbocycles. The molecule has 0 heterocycles. The molecule has 0 saturated heterocycles. The van der Waals surface area contributed by atoms with Gasteiger partial charge in [0.2, 0.25) is 0 Å². The first kappa shape index (κ1) is 18.1. The van der Waals surface area contributed by atoms with Crippen LogP contribution in [0.4, 0.5) is 4.39 Å². The van der Waals surface area contributed by atoms with Crippen LogP contribution in [0.2, 0.25) is 0 Å². The molecule has 1 unspecified atom stereocenters. The van der Waals surface area contributed by atoms with Crippen molar-refractivity contribution in [2.75, 3.05) is 0 Å². The standard InChI is InChI=1S/C25H25F/c1-2-6-20-9-11-21(12-10-20)13-14-22-15-17-23(18-16-22)19-25(26)24-7-4-3-5-8-24/h3-5,7-18,25H,2,6,19H2,1H3/b14-13+. The Hall–Kier alpha value is -2.67. The summed E-state index contributed by atoms with van der Waals surface area (Å²) in [5, 5.41) is 0. The zero-order chi connectivity index (χ0) is 18.2. The third-order valence-corrected chi connectivity index (χ3v) is 4.54. The number of alkyl halides is 1. The van der Waals surface area contributed by atoms with E-state index in [0.717, 1.165) is 23.1 Å². The summed E-state index contributed by atoms with van der Waals surface area (Å²) in [4.78, 5) is 0. The molecule has 0 nitrogen and oxygen atoms in total. The third-order valence-electron chi connectivity index (χ3n) is 4.54. The van der Waals surface area contributed by atoms with Crippen LogP contribution in [0.3, 0.4) is 0 Å². The summed E-state index contributed by atoms with van der Waals surface area (Å²) >= 11 is 0. The Kier molecular flexibility index (Phi) is 6.38. The van der Waals surface area contributed by atoms with Gasteiger partial charge in [0.1, 0.15) is 6.17 Å². The molecular formula is C25H25F. The lowest BCUT2D eigenvalue weighted by atomic mass is 10.0. The van der Waals surface area contributed by atoms with E-state index in [0.29, 0.717) is 6.42 Å². The smallest absolute Gasteiger partial charge is 0.129 e. The van der Waals surface area contributed by atoms with Crippen LogP contribution >= 0.6 is 0 Å². The van der Waals surface area contributed by atoms with Crippen LogP contribution in [0, 0.1) is 0 Å². The normalized spacial score (nSPS) is 12.4. The van der Waals surface area contributed by atoms with E-state index in [1.165, 1.54) is 17.5 Å². The van der Waals surface area contributed by atoms with Gasteiger partial charge in [-0.3, -0.25) is 0 Å². The second-order valence-corrected chi connectivity index (χ2v) is 6.65. The summed E-state index contributed by atoms with van der Waals surface area (Å²) in [5.41, 5.74) is 5.46. The van der Waals surface area contributed by atoms with Crippen molar-refractivity contribution >= 4 is 12.2 Å². The van der Waals surface area contributed by atoms with Crippen LogP contribution < -0.4 is 0 Å². The molecule has 132 valence electrons. The Morgan fingerprint density at radius 3 is 1.81 bits per heavy atom. The number of benzene rings is 3. The Morgan fingerprint density at radius 1 is 0.731 bits per heavy atom. The Labute approximate surface area is 156 Å². The lowest BCUT2D eigenvalue weighted by Crippen LogP contribution is -1.96. The molecule has 1 atom stereocenters. The second-order valence-electron chi connectivity index (χ2n) is 6.65. The maximum Gasteiger partial charge on any atom is 0.129 e. The van der Waals surface area contributed by atoms with E-state index in [9.17, 15) is 4.39 Å². The SMILES string of the molecule is CCCc1ccc(/C=C/c2ccc(CC(F)c3ccccc3)cc2)cc1. The molecular weight excluding hydrogens is 319 g/mol. The van der Waals surface area contributed by atoms with Gasteiger partial charge in [-0.15, -0.1) is 0 Å². The molecule has 3 aromatic carbocycles. The summed E-state index contributed by atoms with van der Waals surface area (Å²) in [6, 6.07) is 26.2. The van der Waals surface area contributed by atoms with Crippen LogP contribution in [0.25, 0.3) is 12.2 Å². The van der Waals surface area contributed by atoms with Gasteiger partial charge in [-0.05, 0) is 34.2 Å². The van der Waals surface area contributed by atoms with Crippen molar-refractivity contribution in [3.05, 3.63) is 107 Å². The number of hydrogen-bond acceptors (Lipinski definition) is 0. The molecule has 0 aliphatic carbocycles. The van der Waals surface area contributed by atoms with Gasteiger partial charge in [-0.1, -0.05) is 104 Å². The number of halogens is 1. The number of rotatable bonds is 7. The molecule has 1 heteroatoms. The van der Waals surface area contributed by atoms with Gasteiger partial charge in [0, 0.05) is 6.42 Å². The molecule has 3 rings (SSSR count). The van der Waals surface area contributed by atoms with Gasteiger partial charge < -0.3 is 0 Å². The molecule has 0 N–H and O–H groups in total. The molecule has 0 radical (unpaired) electrons. The van der Waals surface area contributed by atoms with Crippen molar-refractivity contribution in [3.63, 3.8) is 0 Å². The van der Waals surface area contributed by atoms with E-state index >= 15 is 0 Å². The van der Waals surface area contributed by atoms with Gasteiger partial charge in [0.05, 0.1) is 0 Å². The number of aryl methyl sites for hydroxylation is 1. The summed E-state index contributed by atoms with van der Waals surface area (Å²) in [6.45, 7) is 2.20.